The number of likely N-dealkylation sites (tertiary alicyclic amines) is 1. The van der Waals surface area contributed by atoms with E-state index in [9.17, 15) is 19.2 Å². The lowest BCUT2D eigenvalue weighted by molar-refractivity contribution is -0.122. The molecular formula is C28H30FN3O2. The first kappa shape index (κ1) is 22.7. The zero-order valence-electron chi connectivity index (χ0n) is 19.3. The van der Waals surface area contributed by atoms with Gasteiger partial charge in [-0.15, -0.1) is 0 Å². The third kappa shape index (κ3) is 4.63. The van der Waals surface area contributed by atoms with E-state index >= 15 is 0 Å². The molecule has 3 fully saturated rings. The number of hydrogen-bond acceptors (Lipinski definition) is 4. The molecule has 34 heavy (non-hydrogen) atoms. The summed E-state index contributed by atoms with van der Waals surface area (Å²) in [6.07, 6.45) is 5.74. The fourth-order valence-electron chi connectivity index (χ4n) is 5.82. The van der Waals surface area contributed by atoms with Crippen molar-refractivity contribution in [2.45, 2.75) is 57.0 Å². The second-order valence-corrected chi connectivity index (χ2v) is 10.00. The normalized spacial score (nSPS) is 24.2. The molecule has 1 aliphatic carbocycles. The smallest absolute Gasteiger partial charge is 0.253 e. The van der Waals surface area contributed by atoms with Gasteiger partial charge in [-0.2, -0.15) is 5.26 Å². The number of piperidine rings is 1. The van der Waals surface area contributed by atoms with Crippen molar-refractivity contribution in [1.29, 1.82) is 5.26 Å². The van der Waals surface area contributed by atoms with Crippen LogP contribution in [0.2, 0.25) is 0 Å². The Morgan fingerprint density at radius 3 is 2.44 bits per heavy atom. The van der Waals surface area contributed by atoms with E-state index in [1.165, 1.54) is 6.07 Å². The van der Waals surface area contributed by atoms with Crippen LogP contribution in [-0.4, -0.2) is 41.8 Å². The molecule has 2 aromatic carbocycles. The van der Waals surface area contributed by atoms with Crippen molar-refractivity contribution in [1.82, 2.24) is 10.2 Å². The summed E-state index contributed by atoms with van der Waals surface area (Å²) in [4.78, 5) is 27.1. The van der Waals surface area contributed by atoms with E-state index in [0.717, 1.165) is 56.3 Å². The largest absolute Gasteiger partial charge is 0.339 e. The Hall–Kier alpha value is -3.04. The Bertz CT molecular complexity index is 1120. The zero-order chi connectivity index (χ0) is 23.7. The number of halogens is 1. The summed E-state index contributed by atoms with van der Waals surface area (Å²) in [6.45, 7) is 1.61. The number of fused-ring (bicyclic) bond motifs is 2. The average Bonchev–Trinajstić information content (AvgIpc) is 3.63. The minimum atomic E-state index is -0.537. The summed E-state index contributed by atoms with van der Waals surface area (Å²) in [5.74, 6) is -0.391. The van der Waals surface area contributed by atoms with Crippen LogP contribution in [-0.2, 0) is 11.2 Å². The number of rotatable bonds is 7. The molecule has 2 aromatic rings. The molecule has 1 amide bonds. The number of ketones is 1. The van der Waals surface area contributed by atoms with Crippen molar-refractivity contribution in [3.8, 4) is 17.2 Å². The van der Waals surface area contributed by atoms with Crippen LogP contribution in [0, 0.1) is 29.0 Å². The van der Waals surface area contributed by atoms with E-state index in [0.29, 0.717) is 23.1 Å². The van der Waals surface area contributed by atoms with Crippen LogP contribution in [0.1, 0.15) is 54.4 Å². The number of benzene rings is 2. The average molecular weight is 460 g/mol. The Balaban J connectivity index is 1.23. The lowest BCUT2D eigenvalue weighted by Gasteiger charge is -2.22. The summed E-state index contributed by atoms with van der Waals surface area (Å²) in [7, 11) is 0. The fourth-order valence-corrected chi connectivity index (χ4v) is 5.82. The van der Waals surface area contributed by atoms with Crippen LogP contribution in [0.5, 0.6) is 0 Å². The van der Waals surface area contributed by atoms with Gasteiger partial charge < -0.3 is 10.2 Å². The van der Waals surface area contributed by atoms with E-state index in [1.807, 2.05) is 23.1 Å². The van der Waals surface area contributed by atoms with Crippen LogP contribution in [0.25, 0.3) is 11.1 Å². The number of nitrogens with zero attached hydrogens (tertiary/aromatic N) is 2. The summed E-state index contributed by atoms with van der Waals surface area (Å²) >= 11 is 0. The van der Waals surface area contributed by atoms with Crippen molar-refractivity contribution < 1.29 is 14.0 Å². The molecule has 2 heterocycles. The van der Waals surface area contributed by atoms with Crippen LogP contribution in [0.4, 0.5) is 4.39 Å². The van der Waals surface area contributed by atoms with Gasteiger partial charge in [0.15, 0.2) is 5.78 Å². The molecule has 5 nitrogen and oxygen atoms in total. The summed E-state index contributed by atoms with van der Waals surface area (Å²) in [5.41, 5.74) is 2.65. The van der Waals surface area contributed by atoms with Gasteiger partial charge in [0.2, 0.25) is 0 Å². The molecule has 1 saturated carbocycles. The Morgan fingerprint density at radius 2 is 1.82 bits per heavy atom. The van der Waals surface area contributed by atoms with Crippen molar-refractivity contribution in [2.24, 2.45) is 11.8 Å². The molecular weight excluding hydrogens is 429 g/mol. The van der Waals surface area contributed by atoms with E-state index in [-0.39, 0.29) is 36.4 Å². The number of nitrogens with one attached hydrogen (secondary N) is 1. The van der Waals surface area contributed by atoms with Gasteiger partial charge in [-0.3, -0.25) is 9.59 Å². The van der Waals surface area contributed by atoms with Crippen molar-refractivity contribution in [3.63, 3.8) is 0 Å². The predicted octanol–water partition coefficient (Wildman–Crippen LogP) is 4.51. The highest BCUT2D eigenvalue weighted by Gasteiger charge is 2.42. The number of carbonyl (C=O) groups is 2. The fraction of sp³-hybridized carbons (Fsp3) is 0.464. The summed E-state index contributed by atoms with van der Waals surface area (Å²) < 4.78 is 14.9. The first-order valence-corrected chi connectivity index (χ1v) is 12.4. The Labute approximate surface area is 200 Å². The Morgan fingerprint density at radius 1 is 1.09 bits per heavy atom. The molecule has 4 atom stereocenters. The molecule has 0 radical (unpaired) electrons. The van der Waals surface area contributed by atoms with Gasteiger partial charge in [0.25, 0.3) is 5.91 Å². The highest BCUT2D eigenvalue weighted by atomic mass is 19.1. The molecule has 2 aliphatic heterocycles. The SMILES string of the molecule is N#C[C@@H](CC(=O)[C@H]1N[C@@H]2CC[C@H]1C2)Cc1ccc(-c2ccc(C(=O)N3CCCC3)cc2)cc1F. The second kappa shape index (κ2) is 9.68. The van der Waals surface area contributed by atoms with Crippen molar-refractivity contribution >= 4 is 11.7 Å². The van der Waals surface area contributed by atoms with Crippen LogP contribution >= 0.6 is 0 Å². The Kier molecular flexibility index (Phi) is 6.47. The van der Waals surface area contributed by atoms with Gasteiger partial charge in [-0.25, -0.2) is 4.39 Å². The number of nitriles is 1. The third-order valence-electron chi connectivity index (χ3n) is 7.71. The van der Waals surface area contributed by atoms with Crippen LogP contribution < -0.4 is 5.32 Å². The lowest BCUT2D eigenvalue weighted by Crippen LogP contribution is -2.42. The topological polar surface area (TPSA) is 73.2 Å². The monoisotopic (exact) mass is 459 g/mol. The number of amides is 1. The zero-order valence-corrected chi connectivity index (χ0v) is 19.3. The van der Waals surface area contributed by atoms with Gasteiger partial charge in [-0.1, -0.05) is 24.3 Å². The second-order valence-electron chi connectivity index (χ2n) is 10.00. The molecule has 176 valence electrons. The van der Waals surface area contributed by atoms with Crippen molar-refractivity contribution in [2.75, 3.05) is 13.1 Å². The standard InChI is InChI=1S/C28H30FN3O2/c29-25-16-21(19-3-5-20(6-4-19)28(34)32-11-1-2-12-32)7-8-22(25)13-18(17-30)14-26(33)27-23-9-10-24(15-23)31-27/h3-8,16,18,23-24,27,31H,1-2,9-15H2/t18-,23+,24-,27+/m1/s1. The van der Waals surface area contributed by atoms with Crippen LogP contribution in [0.3, 0.4) is 0 Å². The minimum absolute atomic E-state index is 0.0447. The van der Waals surface area contributed by atoms with Crippen molar-refractivity contribution in [3.05, 3.63) is 59.4 Å². The minimum Gasteiger partial charge on any atom is -0.339 e. The van der Waals surface area contributed by atoms with E-state index in [4.69, 9.17) is 0 Å². The molecule has 0 unspecified atom stereocenters. The maximum absolute atomic E-state index is 14.9. The maximum atomic E-state index is 14.9. The maximum Gasteiger partial charge on any atom is 0.253 e. The van der Waals surface area contributed by atoms with Gasteiger partial charge in [0, 0.05) is 31.1 Å². The number of hydrogen-bond donors (Lipinski definition) is 1. The quantitative estimate of drug-likeness (QED) is 0.661. The first-order chi connectivity index (χ1) is 16.5. The highest BCUT2D eigenvalue weighted by Crippen LogP contribution is 2.36. The van der Waals surface area contributed by atoms with Crippen LogP contribution in [0.15, 0.2) is 42.5 Å². The molecule has 5 rings (SSSR count). The molecule has 1 N–H and O–H groups in total. The molecule has 3 aliphatic rings. The molecule has 0 aromatic heterocycles. The molecule has 2 bridgehead atoms. The number of Topliss-reactive ketones (excluding diaryl/α,β-unsaturated/α-hetero) is 1. The first-order valence-electron chi connectivity index (χ1n) is 12.4. The summed E-state index contributed by atoms with van der Waals surface area (Å²) in [5, 5.41) is 13.0. The molecule has 2 saturated heterocycles. The van der Waals surface area contributed by atoms with E-state index in [2.05, 4.69) is 11.4 Å². The third-order valence-corrected chi connectivity index (χ3v) is 7.71. The lowest BCUT2D eigenvalue weighted by atomic mass is 9.88. The van der Waals surface area contributed by atoms with Gasteiger partial charge in [0.05, 0.1) is 18.0 Å². The van der Waals surface area contributed by atoms with E-state index < -0.39 is 5.92 Å². The molecule has 6 heteroatoms. The van der Waals surface area contributed by atoms with Gasteiger partial charge >= 0.3 is 0 Å². The van der Waals surface area contributed by atoms with Gasteiger partial charge in [-0.05, 0) is 79.3 Å². The summed E-state index contributed by atoms with van der Waals surface area (Å²) in [6, 6.07) is 14.8. The molecule has 0 spiro atoms. The van der Waals surface area contributed by atoms with Gasteiger partial charge in [0.1, 0.15) is 5.82 Å². The predicted molar refractivity (Wildman–Crippen MR) is 127 cm³/mol. The number of carbonyl (C=O) groups excluding carboxylic acids is 2. The highest BCUT2D eigenvalue weighted by molar-refractivity contribution is 5.94. The van der Waals surface area contributed by atoms with E-state index in [1.54, 1.807) is 18.2 Å².